The van der Waals surface area contributed by atoms with Gasteiger partial charge in [0.2, 0.25) is 5.91 Å². The van der Waals surface area contributed by atoms with Gasteiger partial charge in [-0.1, -0.05) is 30.3 Å². The van der Waals surface area contributed by atoms with Gasteiger partial charge in [-0.2, -0.15) is 0 Å². The monoisotopic (exact) mass is 417 g/mol. The highest BCUT2D eigenvalue weighted by atomic mass is 16.2. The molecule has 31 heavy (non-hydrogen) atoms. The minimum absolute atomic E-state index is 0.0857. The molecule has 1 spiro atoms. The van der Waals surface area contributed by atoms with Gasteiger partial charge < -0.3 is 4.90 Å². The van der Waals surface area contributed by atoms with Gasteiger partial charge in [-0.15, -0.1) is 0 Å². The third-order valence-electron chi connectivity index (χ3n) is 6.40. The fourth-order valence-electron chi connectivity index (χ4n) is 4.82. The molecule has 1 aromatic carbocycles. The third kappa shape index (κ3) is 3.58. The summed E-state index contributed by atoms with van der Waals surface area (Å²) in [4.78, 5) is 49.8. The molecule has 2 aliphatic rings. The Bertz CT molecular complexity index is 1250. The summed E-state index contributed by atoms with van der Waals surface area (Å²) in [6.07, 6.45) is 7.01. The van der Waals surface area contributed by atoms with Crippen molar-refractivity contribution in [2.45, 2.75) is 37.6 Å². The molecule has 1 fully saturated rings. The van der Waals surface area contributed by atoms with Crippen LogP contribution in [0.25, 0.3) is 11.4 Å². The highest BCUT2D eigenvalue weighted by Crippen LogP contribution is 2.44. The lowest BCUT2D eigenvalue weighted by molar-refractivity contribution is -0.134. The first-order valence-corrected chi connectivity index (χ1v) is 10.5. The highest BCUT2D eigenvalue weighted by molar-refractivity contribution is 5.76. The van der Waals surface area contributed by atoms with Crippen LogP contribution in [-0.2, 0) is 23.2 Å². The average molecular weight is 417 g/mol. The van der Waals surface area contributed by atoms with Crippen molar-refractivity contribution in [3.8, 4) is 11.4 Å². The van der Waals surface area contributed by atoms with Crippen molar-refractivity contribution in [3.05, 3.63) is 80.9 Å². The van der Waals surface area contributed by atoms with Crippen molar-refractivity contribution in [3.63, 3.8) is 0 Å². The number of piperidine rings is 1. The van der Waals surface area contributed by atoms with E-state index in [0.29, 0.717) is 18.9 Å². The van der Waals surface area contributed by atoms with Crippen molar-refractivity contribution < 1.29 is 4.79 Å². The largest absolute Gasteiger partial charge is 0.340 e. The lowest BCUT2D eigenvalue weighted by Gasteiger charge is -2.40. The second-order valence-electron chi connectivity index (χ2n) is 8.37. The predicted octanol–water partition coefficient (Wildman–Crippen LogP) is 1.50. The summed E-state index contributed by atoms with van der Waals surface area (Å²) in [5.74, 6) is 0.586. The number of H-pyrrole nitrogens is 1. The number of hydrogen-bond donors (Lipinski definition) is 1. The second-order valence-corrected chi connectivity index (χ2v) is 8.37. The predicted molar refractivity (Wildman–Crippen MR) is 115 cm³/mol. The summed E-state index contributed by atoms with van der Waals surface area (Å²) < 4.78 is 1.24. The van der Waals surface area contributed by atoms with Crippen LogP contribution >= 0.6 is 0 Å². The molecule has 1 atom stereocenters. The Labute approximate surface area is 178 Å². The molecule has 8 heteroatoms. The molecular formula is C23H23N5O3. The van der Waals surface area contributed by atoms with Crippen molar-refractivity contribution in [2.75, 3.05) is 13.1 Å². The molecule has 8 nitrogen and oxygen atoms in total. The van der Waals surface area contributed by atoms with E-state index in [0.717, 1.165) is 42.5 Å². The molecule has 158 valence electrons. The maximum atomic E-state index is 13.0. The lowest BCUT2D eigenvalue weighted by Crippen LogP contribution is -2.49. The normalized spacial score (nSPS) is 20.1. The number of nitrogens with one attached hydrogen (secondary N) is 1. The number of aromatic nitrogens is 4. The standard InChI is InChI=1S/C23H23N5O3/c29-18-8-12-27(22(31)25-18)14-19(30)28-11-4-9-23(15-28)10-7-17-13-24-21(26-20(17)23)16-5-2-1-3-6-16/h1-3,5-6,8,12-13H,4,7,9-11,14-15H2,(H,25,29,31). The molecule has 5 rings (SSSR count). The number of hydrogen-bond acceptors (Lipinski definition) is 5. The first-order chi connectivity index (χ1) is 15.0. The Morgan fingerprint density at radius 3 is 2.77 bits per heavy atom. The number of aromatic amines is 1. The van der Waals surface area contributed by atoms with Crippen LogP contribution in [0.15, 0.2) is 58.4 Å². The van der Waals surface area contributed by atoms with Crippen LogP contribution in [0.2, 0.25) is 0 Å². The van der Waals surface area contributed by atoms with Gasteiger partial charge in [-0.25, -0.2) is 14.8 Å². The van der Waals surface area contributed by atoms with Crippen molar-refractivity contribution >= 4 is 5.91 Å². The number of amides is 1. The maximum Gasteiger partial charge on any atom is 0.328 e. The smallest absolute Gasteiger partial charge is 0.328 e. The SMILES string of the molecule is O=C(Cn1ccc(=O)[nH]c1=O)N1CCCC2(CCc3cnc(-c4ccccc4)nc32)C1. The molecule has 1 N–H and O–H groups in total. The number of fused-ring (bicyclic) bond motifs is 2. The number of rotatable bonds is 3. The van der Waals surface area contributed by atoms with Gasteiger partial charge in [0.05, 0.1) is 5.69 Å². The molecular weight excluding hydrogens is 394 g/mol. The van der Waals surface area contributed by atoms with E-state index in [2.05, 4.69) is 9.97 Å². The number of carbonyl (C=O) groups excluding carboxylic acids is 1. The van der Waals surface area contributed by atoms with Crippen LogP contribution in [0, 0.1) is 0 Å². The quantitative estimate of drug-likeness (QED) is 0.696. The van der Waals surface area contributed by atoms with E-state index in [4.69, 9.17) is 4.98 Å². The van der Waals surface area contributed by atoms with E-state index in [1.807, 2.05) is 41.4 Å². The number of carbonyl (C=O) groups is 1. The fourth-order valence-corrected chi connectivity index (χ4v) is 4.82. The van der Waals surface area contributed by atoms with Crippen LogP contribution in [0.4, 0.5) is 0 Å². The first kappa shape index (κ1) is 19.4. The van der Waals surface area contributed by atoms with Crippen LogP contribution in [0.5, 0.6) is 0 Å². The molecule has 3 aromatic rings. The zero-order chi connectivity index (χ0) is 21.4. The third-order valence-corrected chi connectivity index (χ3v) is 6.40. The van der Waals surface area contributed by atoms with Gasteiger partial charge in [0.15, 0.2) is 5.82 Å². The fraction of sp³-hybridized carbons (Fsp3) is 0.348. The molecule has 3 heterocycles. The maximum absolute atomic E-state index is 13.0. The average Bonchev–Trinajstić information content (AvgIpc) is 3.13. The minimum atomic E-state index is -0.570. The number of benzene rings is 1. The summed E-state index contributed by atoms with van der Waals surface area (Å²) in [5.41, 5.74) is 1.98. The van der Waals surface area contributed by atoms with E-state index >= 15 is 0 Å². The van der Waals surface area contributed by atoms with E-state index in [1.54, 1.807) is 0 Å². The number of aryl methyl sites for hydroxylation is 1. The Hall–Kier alpha value is -3.55. The van der Waals surface area contributed by atoms with Crippen molar-refractivity contribution in [2.24, 2.45) is 0 Å². The highest BCUT2D eigenvalue weighted by Gasteiger charge is 2.44. The Balaban J connectivity index is 1.41. The summed E-state index contributed by atoms with van der Waals surface area (Å²) in [7, 11) is 0. The molecule has 0 radical (unpaired) electrons. The topological polar surface area (TPSA) is 101 Å². The number of nitrogens with zero attached hydrogens (tertiary/aromatic N) is 4. The van der Waals surface area contributed by atoms with Crippen LogP contribution < -0.4 is 11.2 Å². The molecule has 1 saturated heterocycles. The lowest BCUT2D eigenvalue weighted by atomic mass is 9.77. The zero-order valence-electron chi connectivity index (χ0n) is 17.1. The van der Waals surface area contributed by atoms with Crippen LogP contribution in [-0.4, -0.2) is 43.4 Å². The Morgan fingerprint density at radius 2 is 1.97 bits per heavy atom. The van der Waals surface area contributed by atoms with Crippen LogP contribution in [0.3, 0.4) is 0 Å². The minimum Gasteiger partial charge on any atom is -0.340 e. The molecule has 2 aromatic heterocycles. The van der Waals surface area contributed by atoms with Gasteiger partial charge in [0, 0.05) is 42.5 Å². The molecule has 0 bridgehead atoms. The van der Waals surface area contributed by atoms with Gasteiger partial charge in [-0.05, 0) is 31.2 Å². The summed E-state index contributed by atoms with van der Waals surface area (Å²) in [6.45, 7) is 1.16. The number of likely N-dealkylation sites (tertiary alicyclic amines) is 1. The van der Waals surface area contributed by atoms with E-state index in [-0.39, 0.29) is 17.9 Å². The molecule has 1 unspecified atom stereocenters. The van der Waals surface area contributed by atoms with Gasteiger partial charge in [0.25, 0.3) is 5.56 Å². The van der Waals surface area contributed by atoms with E-state index in [9.17, 15) is 14.4 Å². The van der Waals surface area contributed by atoms with Gasteiger partial charge in [-0.3, -0.25) is 19.1 Å². The molecule has 1 aliphatic heterocycles. The van der Waals surface area contributed by atoms with Crippen molar-refractivity contribution in [1.82, 2.24) is 24.4 Å². The Kier molecular flexibility index (Phi) is 4.77. The molecule has 0 saturated carbocycles. The van der Waals surface area contributed by atoms with E-state index < -0.39 is 11.2 Å². The summed E-state index contributed by atoms with van der Waals surface area (Å²) in [6, 6.07) is 11.2. The van der Waals surface area contributed by atoms with Gasteiger partial charge >= 0.3 is 5.69 Å². The second kappa shape index (κ2) is 7.61. The summed E-state index contributed by atoms with van der Waals surface area (Å²) in [5, 5.41) is 0. The zero-order valence-corrected chi connectivity index (χ0v) is 17.1. The van der Waals surface area contributed by atoms with Crippen LogP contribution in [0.1, 0.15) is 30.5 Å². The van der Waals surface area contributed by atoms with Crippen molar-refractivity contribution in [1.29, 1.82) is 0 Å². The Morgan fingerprint density at radius 1 is 1.13 bits per heavy atom. The van der Waals surface area contributed by atoms with E-state index in [1.165, 1.54) is 16.8 Å². The molecule has 1 amide bonds. The molecule has 1 aliphatic carbocycles. The summed E-state index contributed by atoms with van der Waals surface area (Å²) >= 11 is 0. The van der Waals surface area contributed by atoms with Gasteiger partial charge in [0.1, 0.15) is 6.54 Å². The first-order valence-electron chi connectivity index (χ1n) is 10.5.